The number of benzene rings is 1. The van der Waals surface area contributed by atoms with Crippen LogP contribution in [-0.2, 0) is 14.6 Å². The van der Waals surface area contributed by atoms with Gasteiger partial charge in [-0.3, -0.25) is 8.74 Å². The van der Waals surface area contributed by atoms with Crippen LogP contribution in [0.5, 0.6) is 0 Å². The van der Waals surface area contributed by atoms with E-state index in [1.54, 1.807) is 0 Å². The summed E-state index contributed by atoms with van der Waals surface area (Å²) in [6.45, 7) is 6.43. The van der Waals surface area contributed by atoms with Gasteiger partial charge in [-0.25, -0.2) is 0 Å². The molecule has 0 amide bonds. The third-order valence-electron chi connectivity index (χ3n) is 2.59. The average Bonchev–Trinajstić information content (AvgIpc) is 2.89. The molecule has 1 radical (unpaired) electrons. The molecule has 0 fully saturated rings. The molecule has 0 bridgehead atoms. The van der Waals surface area contributed by atoms with Crippen molar-refractivity contribution in [2.45, 2.75) is 20.8 Å². The van der Waals surface area contributed by atoms with Gasteiger partial charge in [-0.1, -0.05) is 51.1 Å². The van der Waals surface area contributed by atoms with Crippen molar-refractivity contribution in [1.82, 2.24) is 5.43 Å². The molecular formula is C14H19N2O4S. The van der Waals surface area contributed by atoms with Crippen LogP contribution < -0.4 is 5.43 Å². The quantitative estimate of drug-likeness (QED) is 0.849. The van der Waals surface area contributed by atoms with E-state index in [0.29, 0.717) is 0 Å². The fraction of sp³-hybridized carbons (Fsp3) is 0.357. The molecule has 1 N–H and O–H groups in total. The third-order valence-corrected chi connectivity index (χ3v) is 3.01. The summed E-state index contributed by atoms with van der Waals surface area (Å²) in [5, 5.41) is 4.20. The summed E-state index contributed by atoms with van der Waals surface area (Å²) >= 11 is 0. The molecule has 1 heterocycles. The van der Waals surface area contributed by atoms with Gasteiger partial charge in [0.15, 0.2) is 0 Å². The van der Waals surface area contributed by atoms with Gasteiger partial charge in [0, 0.05) is 11.0 Å². The monoisotopic (exact) mass is 311 g/mol. The molecule has 0 saturated heterocycles. The molecule has 21 heavy (non-hydrogen) atoms. The molecular weight excluding hydrogens is 292 g/mol. The highest BCUT2D eigenvalue weighted by Gasteiger charge is 2.23. The van der Waals surface area contributed by atoms with Crippen molar-refractivity contribution in [3.8, 4) is 0 Å². The first kappa shape index (κ1) is 17.4. The fourth-order valence-electron chi connectivity index (χ4n) is 1.41. The zero-order chi connectivity index (χ0) is 16.1. The minimum atomic E-state index is -4.16. The van der Waals surface area contributed by atoms with Crippen LogP contribution in [0.3, 0.4) is 0 Å². The van der Waals surface area contributed by atoms with Crippen LogP contribution in [0, 0.1) is 5.41 Å². The van der Waals surface area contributed by atoms with Crippen LogP contribution in [0.25, 0.3) is 0 Å². The van der Waals surface area contributed by atoms with Gasteiger partial charge in [0.2, 0.25) is 0 Å². The second-order valence-corrected chi connectivity index (χ2v) is 6.51. The van der Waals surface area contributed by atoms with Crippen molar-refractivity contribution < 1.29 is 17.2 Å². The Morgan fingerprint density at radius 3 is 2.05 bits per heavy atom. The summed E-state index contributed by atoms with van der Waals surface area (Å²) in [6.07, 6.45) is 2.06. The molecule has 0 saturated carbocycles. The second kappa shape index (κ2) is 6.84. The lowest BCUT2D eigenvalue weighted by Gasteiger charge is -2.16. The van der Waals surface area contributed by atoms with E-state index in [0.717, 1.165) is 24.1 Å². The molecule has 1 aromatic rings. The van der Waals surface area contributed by atoms with Gasteiger partial charge >= 0.3 is 10.4 Å². The molecule has 0 spiro atoms. The molecule has 0 atom stereocenters. The van der Waals surface area contributed by atoms with E-state index in [4.69, 9.17) is 4.55 Å². The predicted octanol–water partition coefficient (Wildman–Crippen LogP) is 2.37. The summed E-state index contributed by atoms with van der Waals surface area (Å²) in [5.41, 5.74) is 7.41. The van der Waals surface area contributed by atoms with Crippen molar-refractivity contribution in [2.75, 3.05) is 7.11 Å². The Morgan fingerprint density at radius 1 is 1.14 bits per heavy atom. The van der Waals surface area contributed by atoms with Crippen LogP contribution in [0.15, 0.2) is 47.2 Å². The normalized spacial score (nSPS) is 14.5. The Balaban J connectivity index is 0.000000315. The maximum atomic E-state index is 9.33. The molecule has 7 heteroatoms. The van der Waals surface area contributed by atoms with Gasteiger partial charge in [-0.2, -0.15) is 18.9 Å². The molecule has 0 aliphatic carbocycles. The third kappa shape index (κ3) is 6.07. The molecule has 0 unspecified atom stereocenters. The van der Waals surface area contributed by atoms with E-state index >= 15 is 0 Å². The van der Waals surface area contributed by atoms with Crippen molar-refractivity contribution in [3.05, 3.63) is 47.7 Å². The van der Waals surface area contributed by atoms with Gasteiger partial charge in [-0.15, -0.1) is 0 Å². The highest BCUT2D eigenvalue weighted by atomic mass is 32.3. The molecule has 0 aromatic heterocycles. The molecule has 1 aliphatic rings. The first-order valence-corrected chi connectivity index (χ1v) is 7.59. The van der Waals surface area contributed by atoms with Crippen LogP contribution in [0.1, 0.15) is 26.3 Å². The Bertz CT molecular complexity index is 629. The maximum Gasteiger partial charge on any atom is 0.397 e. The lowest BCUT2D eigenvalue weighted by atomic mass is 9.91. The Morgan fingerprint density at radius 2 is 1.67 bits per heavy atom. The van der Waals surface area contributed by atoms with Crippen LogP contribution in [0.2, 0.25) is 0 Å². The zero-order valence-electron chi connectivity index (χ0n) is 12.4. The van der Waals surface area contributed by atoms with Gasteiger partial charge in [0.05, 0.1) is 18.5 Å². The maximum absolute atomic E-state index is 9.33. The van der Waals surface area contributed by atoms with Crippen LogP contribution in [0.4, 0.5) is 0 Å². The second-order valence-electron chi connectivity index (χ2n) is 5.33. The number of rotatable bonds is 2. The summed E-state index contributed by atoms with van der Waals surface area (Å²) in [4.78, 5) is 0. The smallest absolute Gasteiger partial charge is 0.264 e. The molecule has 1 aliphatic heterocycles. The standard InChI is InChI=1S/C13H15N2.CH4O4S/c1-13(2,3)12-9-11(14-15-12)10-7-5-4-6-8-10;1-5-6(2,3)4/h4-9H,1-3H3;1H3,(H,2,3,4). The SMILES string of the molecule is CC(C)(C)C1=CC(c2ccccc2)=N[N]1.COS(=O)(=O)O. The highest BCUT2D eigenvalue weighted by molar-refractivity contribution is 7.80. The topological polar surface area (TPSA) is 90.1 Å². The number of hydrogen-bond acceptors (Lipinski definition) is 4. The van der Waals surface area contributed by atoms with Gasteiger partial charge in [-0.05, 0) is 6.08 Å². The number of hydrogen-bond donors (Lipinski definition) is 1. The van der Waals surface area contributed by atoms with E-state index in [1.165, 1.54) is 0 Å². The summed E-state index contributed by atoms with van der Waals surface area (Å²) in [5.74, 6) is 0. The minimum Gasteiger partial charge on any atom is -0.264 e. The largest absolute Gasteiger partial charge is 0.397 e. The van der Waals surface area contributed by atoms with Crippen molar-refractivity contribution in [1.29, 1.82) is 0 Å². The molecule has 6 nitrogen and oxygen atoms in total. The van der Waals surface area contributed by atoms with Crippen LogP contribution in [-0.4, -0.2) is 25.8 Å². The number of allylic oxidation sites excluding steroid dienone is 2. The van der Waals surface area contributed by atoms with Crippen molar-refractivity contribution in [3.63, 3.8) is 0 Å². The number of nitrogens with zero attached hydrogens (tertiary/aromatic N) is 2. The lowest BCUT2D eigenvalue weighted by Crippen LogP contribution is -2.13. The highest BCUT2D eigenvalue weighted by Crippen LogP contribution is 2.27. The van der Waals surface area contributed by atoms with Gasteiger partial charge < -0.3 is 0 Å². The fourth-order valence-corrected chi connectivity index (χ4v) is 1.41. The van der Waals surface area contributed by atoms with E-state index in [-0.39, 0.29) is 5.41 Å². The van der Waals surface area contributed by atoms with Gasteiger partial charge in [0.1, 0.15) is 0 Å². The first-order chi connectivity index (χ1) is 9.63. The van der Waals surface area contributed by atoms with E-state index < -0.39 is 10.4 Å². The molecule has 1 aromatic carbocycles. The summed E-state index contributed by atoms with van der Waals surface area (Å²) in [6, 6.07) is 10.1. The lowest BCUT2D eigenvalue weighted by molar-refractivity contribution is 0.324. The van der Waals surface area contributed by atoms with Crippen molar-refractivity contribution in [2.24, 2.45) is 10.5 Å². The summed E-state index contributed by atoms with van der Waals surface area (Å²) in [7, 11) is -3.29. The Hall–Kier alpha value is -1.70. The Kier molecular flexibility index (Phi) is 5.65. The van der Waals surface area contributed by atoms with Crippen LogP contribution >= 0.6 is 0 Å². The summed E-state index contributed by atoms with van der Waals surface area (Å²) < 4.78 is 29.7. The Labute approximate surface area is 125 Å². The van der Waals surface area contributed by atoms with E-state index in [2.05, 4.69) is 53.7 Å². The zero-order valence-corrected chi connectivity index (χ0v) is 13.3. The molecule has 115 valence electrons. The van der Waals surface area contributed by atoms with E-state index in [9.17, 15) is 8.42 Å². The predicted molar refractivity (Wildman–Crippen MR) is 81.2 cm³/mol. The average molecular weight is 311 g/mol. The first-order valence-electron chi connectivity index (χ1n) is 6.23. The van der Waals surface area contributed by atoms with Crippen molar-refractivity contribution >= 4 is 16.1 Å². The minimum absolute atomic E-state index is 0.0695. The molecule has 2 rings (SSSR count). The van der Waals surface area contributed by atoms with Gasteiger partial charge in [0.25, 0.3) is 0 Å². The van der Waals surface area contributed by atoms with E-state index in [1.807, 2.05) is 18.2 Å².